The van der Waals surface area contributed by atoms with Gasteiger partial charge < -0.3 is 14.2 Å². The summed E-state index contributed by atoms with van der Waals surface area (Å²) in [7, 11) is 1.45. The van der Waals surface area contributed by atoms with Crippen molar-refractivity contribution in [2.75, 3.05) is 13.7 Å². The van der Waals surface area contributed by atoms with Crippen molar-refractivity contribution in [3.05, 3.63) is 92.5 Å². The minimum absolute atomic E-state index is 0.0484. The lowest BCUT2D eigenvalue weighted by molar-refractivity contribution is -0.135. The molecule has 0 unspecified atom stereocenters. The molecule has 7 heteroatoms. The molecular weight excluding hydrogens is 572 g/mol. The molecule has 40 heavy (non-hydrogen) atoms. The van der Waals surface area contributed by atoms with Crippen molar-refractivity contribution in [2.45, 2.75) is 53.6 Å². The number of esters is 1. The van der Waals surface area contributed by atoms with E-state index in [4.69, 9.17) is 14.2 Å². The number of carbonyl (C=O) groups excluding carboxylic acids is 3. The number of ether oxygens (including phenoxy) is 3. The van der Waals surface area contributed by atoms with E-state index in [-0.39, 0.29) is 41.8 Å². The molecule has 6 nitrogen and oxygen atoms in total. The van der Waals surface area contributed by atoms with Gasteiger partial charge in [0.05, 0.1) is 18.2 Å². The maximum absolute atomic E-state index is 14.4. The average molecular weight is 608 g/mol. The Hall–Kier alpha value is -3.45. The molecule has 0 radical (unpaired) electrons. The number of carbonyl (C=O) groups is 3. The first-order valence-electron chi connectivity index (χ1n) is 13.4. The molecular formula is C33H35BrO6. The summed E-state index contributed by atoms with van der Waals surface area (Å²) in [6, 6.07) is 12.2. The highest BCUT2D eigenvalue weighted by molar-refractivity contribution is 9.10. The molecule has 2 atom stereocenters. The number of hydrogen-bond donors (Lipinski definition) is 0. The van der Waals surface area contributed by atoms with Gasteiger partial charge in [0.25, 0.3) is 0 Å². The van der Waals surface area contributed by atoms with E-state index in [0.29, 0.717) is 41.9 Å². The minimum atomic E-state index is -0.793. The molecule has 0 N–H and O–H groups in total. The van der Waals surface area contributed by atoms with Crippen molar-refractivity contribution in [1.82, 2.24) is 0 Å². The summed E-state index contributed by atoms with van der Waals surface area (Å²) in [5.74, 6) is -0.512. The molecule has 4 rings (SSSR count). The Labute approximate surface area is 244 Å². The summed E-state index contributed by atoms with van der Waals surface area (Å²) in [5.41, 5.74) is 2.78. The van der Waals surface area contributed by atoms with Crippen LogP contribution in [0.1, 0.15) is 68.4 Å². The third kappa shape index (κ3) is 5.99. The standard InChI is InChI=1S/C33H35BrO6/c1-20(2)13-15-33-16-14-21(3)18-39-27-8-6-7-24(19-40-32(37)23-9-11-25(34)12-10-23)28(27)30(38-5)29(31(33)36)26(35)17-22(33)4/h6-14,22H,15-19H2,1-5H3/b21-14-,30-29+/t22-,33-/m0/s1. The smallest absolute Gasteiger partial charge is 0.338 e. The number of halogens is 1. The monoisotopic (exact) mass is 606 g/mol. The lowest BCUT2D eigenvalue weighted by Crippen LogP contribution is -2.45. The van der Waals surface area contributed by atoms with Crippen LogP contribution < -0.4 is 4.74 Å². The van der Waals surface area contributed by atoms with Gasteiger partial charge in [-0.25, -0.2) is 4.79 Å². The number of fused-ring (bicyclic) bond motifs is 3. The highest BCUT2D eigenvalue weighted by Crippen LogP contribution is 2.48. The van der Waals surface area contributed by atoms with Gasteiger partial charge >= 0.3 is 5.97 Å². The highest BCUT2D eigenvalue weighted by atomic mass is 79.9. The van der Waals surface area contributed by atoms with Crippen molar-refractivity contribution < 1.29 is 28.6 Å². The van der Waals surface area contributed by atoms with Crippen LogP contribution in [0.5, 0.6) is 5.75 Å². The predicted molar refractivity (Wildman–Crippen MR) is 158 cm³/mol. The molecule has 0 amide bonds. The zero-order chi connectivity index (χ0) is 29.0. The number of Topliss-reactive ketones (excluding diaryl/α,β-unsaturated/α-hetero) is 2. The number of ketones is 2. The molecule has 0 saturated heterocycles. The lowest BCUT2D eigenvalue weighted by Gasteiger charge is -2.41. The molecule has 2 aromatic carbocycles. The van der Waals surface area contributed by atoms with Gasteiger partial charge in [-0.3, -0.25) is 9.59 Å². The van der Waals surface area contributed by atoms with Gasteiger partial charge in [0.15, 0.2) is 11.6 Å². The Morgan fingerprint density at radius 1 is 1.15 bits per heavy atom. The third-order valence-corrected chi connectivity index (χ3v) is 8.28. The van der Waals surface area contributed by atoms with Crippen molar-refractivity contribution in [3.63, 3.8) is 0 Å². The molecule has 2 aromatic rings. The molecule has 1 heterocycles. The maximum Gasteiger partial charge on any atom is 0.338 e. The molecule has 0 aromatic heterocycles. The topological polar surface area (TPSA) is 78.9 Å². The summed E-state index contributed by atoms with van der Waals surface area (Å²) < 4.78 is 18.6. The predicted octanol–water partition coefficient (Wildman–Crippen LogP) is 7.41. The van der Waals surface area contributed by atoms with Crippen molar-refractivity contribution in [2.24, 2.45) is 11.3 Å². The number of rotatable bonds is 6. The van der Waals surface area contributed by atoms with E-state index in [2.05, 4.69) is 28.1 Å². The molecule has 1 aliphatic carbocycles. The first kappa shape index (κ1) is 29.5. The van der Waals surface area contributed by atoms with E-state index in [1.165, 1.54) is 7.11 Å². The first-order valence-corrected chi connectivity index (χ1v) is 14.2. The zero-order valence-corrected chi connectivity index (χ0v) is 25.2. The zero-order valence-electron chi connectivity index (χ0n) is 23.6. The Kier molecular flexibility index (Phi) is 9.14. The molecule has 2 aliphatic rings. The second-order valence-corrected chi connectivity index (χ2v) is 11.7. The summed E-state index contributed by atoms with van der Waals surface area (Å²) in [6.07, 6.45) is 5.38. The van der Waals surface area contributed by atoms with E-state index >= 15 is 0 Å². The molecule has 2 bridgehead atoms. The van der Waals surface area contributed by atoms with Gasteiger partial charge in [0.2, 0.25) is 0 Å². The van der Waals surface area contributed by atoms with Crippen LogP contribution >= 0.6 is 15.9 Å². The summed E-state index contributed by atoms with van der Waals surface area (Å²) in [6.45, 7) is 8.18. The number of hydrogen-bond acceptors (Lipinski definition) is 6. The second kappa shape index (κ2) is 12.4. The largest absolute Gasteiger partial charge is 0.495 e. The van der Waals surface area contributed by atoms with E-state index in [1.54, 1.807) is 42.5 Å². The van der Waals surface area contributed by atoms with Crippen LogP contribution in [-0.2, 0) is 25.7 Å². The lowest BCUT2D eigenvalue weighted by atomic mass is 9.60. The maximum atomic E-state index is 14.4. The van der Waals surface area contributed by atoms with Crippen LogP contribution in [-0.4, -0.2) is 31.3 Å². The van der Waals surface area contributed by atoms with E-state index in [0.717, 1.165) is 15.6 Å². The van der Waals surface area contributed by atoms with Crippen molar-refractivity contribution >= 4 is 39.2 Å². The second-order valence-electron chi connectivity index (χ2n) is 10.8. The summed E-state index contributed by atoms with van der Waals surface area (Å²) >= 11 is 3.37. The fraction of sp³-hybridized carbons (Fsp3) is 0.364. The first-order chi connectivity index (χ1) is 19.1. The van der Waals surface area contributed by atoms with Crippen LogP contribution in [0.4, 0.5) is 0 Å². The highest BCUT2D eigenvalue weighted by Gasteiger charge is 2.50. The normalized spacial score (nSPS) is 24.1. The van der Waals surface area contributed by atoms with Crippen LogP contribution in [0.15, 0.2) is 75.8 Å². The van der Waals surface area contributed by atoms with Crippen molar-refractivity contribution in [3.8, 4) is 5.75 Å². The van der Waals surface area contributed by atoms with E-state index in [1.807, 2.05) is 27.7 Å². The fourth-order valence-electron chi connectivity index (χ4n) is 5.29. The van der Waals surface area contributed by atoms with E-state index < -0.39 is 11.4 Å². The number of methoxy groups -OCH3 is 1. The minimum Gasteiger partial charge on any atom is -0.495 e. The summed E-state index contributed by atoms with van der Waals surface area (Å²) in [5, 5.41) is 0. The van der Waals surface area contributed by atoms with Crippen LogP contribution in [0.3, 0.4) is 0 Å². The Morgan fingerprint density at radius 3 is 2.55 bits per heavy atom. The molecule has 210 valence electrons. The fourth-order valence-corrected chi connectivity index (χ4v) is 5.55. The van der Waals surface area contributed by atoms with Gasteiger partial charge in [-0.1, -0.05) is 52.7 Å². The molecule has 1 aliphatic heterocycles. The van der Waals surface area contributed by atoms with Crippen LogP contribution in [0.25, 0.3) is 5.76 Å². The number of benzene rings is 2. The quantitative estimate of drug-likeness (QED) is 0.193. The van der Waals surface area contributed by atoms with E-state index in [9.17, 15) is 14.4 Å². The van der Waals surface area contributed by atoms with Gasteiger partial charge in [-0.05, 0) is 75.4 Å². The third-order valence-electron chi connectivity index (χ3n) is 7.75. The molecule has 1 fully saturated rings. The van der Waals surface area contributed by atoms with Crippen LogP contribution in [0.2, 0.25) is 0 Å². The number of allylic oxidation sites excluding steroid dienone is 4. The van der Waals surface area contributed by atoms with Gasteiger partial charge in [0, 0.05) is 21.9 Å². The van der Waals surface area contributed by atoms with Crippen LogP contribution in [0, 0.1) is 11.3 Å². The Morgan fingerprint density at radius 2 is 1.88 bits per heavy atom. The summed E-state index contributed by atoms with van der Waals surface area (Å²) in [4.78, 5) is 40.8. The Bertz CT molecular complexity index is 1410. The molecule has 0 spiro atoms. The Balaban J connectivity index is 1.86. The van der Waals surface area contributed by atoms with Gasteiger partial charge in [-0.2, -0.15) is 0 Å². The SMILES string of the molecule is CO/C1=C2\C(=O)C[C@H](C)[C@](CC=C(C)C)(C/C=C(/C)COc3cccc(COC(=O)c4ccc(Br)cc4)c31)C2=O. The van der Waals surface area contributed by atoms with Crippen molar-refractivity contribution in [1.29, 1.82) is 0 Å². The molecule has 1 saturated carbocycles. The average Bonchev–Trinajstić information content (AvgIpc) is 2.93. The van der Waals surface area contributed by atoms with Gasteiger partial charge in [-0.15, -0.1) is 0 Å². The van der Waals surface area contributed by atoms with Gasteiger partial charge in [0.1, 0.15) is 30.3 Å².